The van der Waals surface area contributed by atoms with Crippen LogP contribution in [0.1, 0.15) is 11.1 Å². The minimum atomic E-state index is -1.09. The Labute approximate surface area is 170 Å². The summed E-state index contributed by atoms with van der Waals surface area (Å²) in [5, 5.41) is 29.0. The maximum absolute atomic E-state index is 10.9. The fourth-order valence-electron chi connectivity index (χ4n) is 2.07. The van der Waals surface area contributed by atoms with E-state index in [1.807, 2.05) is 28.7 Å². The number of carbonyl (C=O) groups is 1. The second-order valence-electron chi connectivity index (χ2n) is 4.97. The number of carboxylic acid groups (broad SMARTS) is 1. The molecule has 0 unspecified atom stereocenters. The summed E-state index contributed by atoms with van der Waals surface area (Å²) in [6, 6.07) is 11.3. The van der Waals surface area contributed by atoms with Crippen LogP contribution in [0.2, 0.25) is 0 Å². The number of non-ortho nitro benzene ring substituents is 1. The van der Waals surface area contributed by atoms with E-state index in [2.05, 4.69) is 15.9 Å². The molecule has 0 spiro atoms. The molecule has 0 amide bonds. The molecule has 1 N–H and O–H groups in total. The number of benzene rings is 2. The third-order valence-electron chi connectivity index (χ3n) is 3.16. The normalized spacial score (nSPS) is 10.9. The van der Waals surface area contributed by atoms with Crippen LogP contribution in [0.15, 0.2) is 40.9 Å². The third kappa shape index (κ3) is 5.03. The molecule has 0 heterocycles. The Balaban J connectivity index is 2.41. The molecule has 0 aliphatic heterocycles. The van der Waals surface area contributed by atoms with Gasteiger partial charge in [-0.3, -0.25) is 10.1 Å². The summed E-state index contributed by atoms with van der Waals surface area (Å²) in [4.78, 5) is 21.0. The number of hydrogen-bond donors (Lipinski definition) is 1. The van der Waals surface area contributed by atoms with E-state index in [4.69, 9.17) is 9.84 Å². The maximum atomic E-state index is 10.9. The van der Waals surface area contributed by atoms with E-state index in [0.717, 1.165) is 0 Å². The van der Waals surface area contributed by atoms with Crippen molar-refractivity contribution in [1.82, 2.24) is 0 Å². The topological polar surface area (TPSA) is 113 Å². The second-order valence-corrected chi connectivity index (χ2v) is 6.99. The first-order valence-electron chi connectivity index (χ1n) is 7.02. The second kappa shape index (κ2) is 8.77. The van der Waals surface area contributed by atoms with Crippen LogP contribution in [0.25, 0.3) is 11.6 Å². The van der Waals surface area contributed by atoms with Crippen molar-refractivity contribution in [1.29, 1.82) is 5.26 Å². The lowest BCUT2D eigenvalue weighted by molar-refractivity contribution is -0.384. The highest BCUT2D eigenvalue weighted by Gasteiger charge is 2.12. The number of rotatable bonds is 6. The van der Waals surface area contributed by atoms with Gasteiger partial charge in [-0.1, -0.05) is 12.1 Å². The highest BCUT2D eigenvalue weighted by atomic mass is 127. The average molecular weight is 529 g/mol. The quantitative estimate of drug-likeness (QED) is 0.194. The summed E-state index contributed by atoms with van der Waals surface area (Å²) in [5.41, 5.74) is 1.25. The lowest BCUT2D eigenvalue weighted by Crippen LogP contribution is -2.10. The van der Waals surface area contributed by atoms with Gasteiger partial charge < -0.3 is 9.84 Å². The molecule has 9 heteroatoms. The van der Waals surface area contributed by atoms with E-state index in [-0.39, 0.29) is 11.3 Å². The van der Waals surface area contributed by atoms with E-state index < -0.39 is 17.5 Å². The zero-order valence-corrected chi connectivity index (χ0v) is 16.7. The number of carboxylic acids is 1. The van der Waals surface area contributed by atoms with Crippen molar-refractivity contribution in [3.63, 3.8) is 0 Å². The van der Waals surface area contributed by atoms with Crippen LogP contribution in [0.4, 0.5) is 5.69 Å². The van der Waals surface area contributed by atoms with Gasteiger partial charge in [0.15, 0.2) is 6.61 Å². The van der Waals surface area contributed by atoms with Crippen LogP contribution in [-0.4, -0.2) is 22.6 Å². The maximum Gasteiger partial charge on any atom is 0.341 e. The van der Waals surface area contributed by atoms with Crippen LogP contribution < -0.4 is 4.74 Å². The van der Waals surface area contributed by atoms with E-state index in [9.17, 15) is 20.2 Å². The number of nitriles is 1. The van der Waals surface area contributed by atoms with Gasteiger partial charge in [0, 0.05) is 12.1 Å². The molecule has 0 atom stereocenters. The number of nitro groups is 1. The number of hydrogen-bond acceptors (Lipinski definition) is 5. The molecule has 2 aromatic rings. The molecule has 26 heavy (non-hydrogen) atoms. The predicted molar refractivity (Wildman–Crippen MR) is 107 cm³/mol. The number of aliphatic carboxylic acids is 1. The zero-order chi connectivity index (χ0) is 19.3. The lowest BCUT2D eigenvalue weighted by atomic mass is 10.0. The third-order valence-corrected chi connectivity index (χ3v) is 4.55. The molecular weight excluding hydrogens is 519 g/mol. The number of nitrogens with zero attached hydrogens (tertiary/aromatic N) is 2. The molecular formula is C17H10BrIN2O5. The van der Waals surface area contributed by atoms with Crippen LogP contribution in [0, 0.1) is 25.0 Å². The van der Waals surface area contributed by atoms with E-state index in [1.165, 1.54) is 18.2 Å². The molecule has 7 nitrogen and oxygen atoms in total. The number of nitro benzene ring substituents is 1. The van der Waals surface area contributed by atoms with Crippen LogP contribution >= 0.6 is 38.5 Å². The van der Waals surface area contributed by atoms with Crippen LogP contribution in [0.3, 0.4) is 0 Å². The van der Waals surface area contributed by atoms with Crippen molar-refractivity contribution in [2.75, 3.05) is 6.61 Å². The van der Waals surface area contributed by atoms with Gasteiger partial charge in [-0.25, -0.2) is 4.79 Å². The van der Waals surface area contributed by atoms with Crippen molar-refractivity contribution < 1.29 is 19.6 Å². The minimum Gasteiger partial charge on any atom is -0.480 e. The molecule has 0 aliphatic carbocycles. The number of ether oxygens (including phenoxy) is 1. The van der Waals surface area contributed by atoms with Crippen LogP contribution in [0.5, 0.6) is 5.75 Å². The SMILES string of the molecule is N#C/C(=C/c1cc(Br)c(OCC(=O)O)c(I)c1)c1cccc([N+](=O)[O-])c1. The average Bonchev–Trinajstić information content (AvgIpc) is 2.58. The molecule has 0 aromatic heterocycles. The summed E-state index contributed by atoms with van der Waals surface area (Å²) >= 11 is 5.32. The Morgan fingerprint density at radius 1 is 1.42 bits per heavy atom. The smallest absolute Gasteiger partial charge is 0.341 e. The van der Waals surface area contributed by atoms with Crippen molar-refractivity contribution in [2.45, 2.75) is 0 Å². The minimum absolute atomic E-state index is 0.100. The Morgan fingerprint density at radius 3 is 2.73 bits per heavy atom. The van der Waals surface area contributed by atoms with Gasteiger partial charge in [0.05, 0.1) is 24.6 Å². The standard InChI is InChI=1S/C17H10BrIN2O5/c18-14-5-10(6-15(19)17(14)26-9-16(22)23)4-12(8-20)11-2-1-3-13(7-11)21(24)25/h1-7H,9H2,(H,22,23)/b12-4-. The first kappa shape index (κ1) is 19.9. The Hall–Kier alpha value is -2.45. The summed E-state index contributed by atoms with van der Waals surface area (Å²) in [6.45, 7) is -0.471. The van der Waals surface area contributed by atoms with E-state index in [1.54, 1.807) is 24.3 Å². The highest BCUT2D eigenvalue weighted by molar-refractivity contribution is 14.1. The fraction of sp³-hybridized carbons (Fsp3) is 0.0588. The van der Waals surface area contributed by atoms with E-state index >= 15 is 0 Å². The Kier molecular flexibility index (Phi) is 6.70. The molecule has 0 radical (unpaired) electrons. The van der Waals surface area contributed by atoms with Gasteiger partial charge in [0.2, 0.25) is 0 Å². The van der Waals surface area contributed by atoms with Gasteiger partial charge in [0.25, 0.3) is 5.69 Å². The van der Waals surface area contributed by atoms with Crippen molar-refractivity contribution >= 4 is 61.8 Å². The summed E-state index contributed by atoms with van der Waals surface area (Å²) in [7, 11) is 0. The first-order chi connectivity index (χ1) is 12.3. The summed E-state index contributed by atoms with van der Waals surface area (Å²) in [6.07, 6.45) is 1.59. The molecule has 2 rings (SSSR count). The van der Waals surface area contributed by atoms with Gasteiger partial charge in [-0.15, -0.1) is 0 Å². The fourth-order valence-corrected chi connectivity index (χ4v) is 3.84. The van der Waals surface area contributed by atoms with Gasteiger partial charge in [-0.2, -0.15) is 5.26 Å². The first-order valence-corrected chi connectivity index (χ1v) is 8.89. The number of allylic oxidation sites excluding steroid dienone is 1. The highest BCUT2D eigenvalue weighted by Crippen LogP contribution is 2.33. The Morgan fingerprint density at radius 2 is 2.15 bits per heavy atom. The molecule has 0 aliphatic rings. The van der Waals surface area contributed by atoms with Crippen LogP contribution in [-0.2, 0) is 4.79 Å². The van der Waals surface area contributed by atoms with Gasteiger partial charge in [-0.05, 0) is 67.9 Å². The molecule has 0 bridgehead atoms. The van der Waals surface area contributed by atoms with E-state index in [0.29, 0.717) is 24.9 Å². The monoisotopic (exact) mass is 528 g/mol. The van der Waals surface area contributed by atoms with Crippen molar-refractivity contribution in [3.05, 3.63) is 65.7 Å². The molecule has 2 aromatic carbocycles. The molecule has 0 saturated heterocycles. The lowest BCUT2D eigenvalue weighted by Gasteiger charge is -2.10. The molecule has 0 saturated carbocycles. The summed E-state index contributed by atoms with van der Waals surface area (Å²) < 4.78 is 6.42. The number of halogens is 2. The van der Waals surface area contributed by atoms with Crippen molar-refractivity contribution in [3.8, 4) is 11.8 Å². The van der Waals surface area contributed by atoms with Crippen molar-refractivity contribution in [2.24, 2.45) is 0 Å². The molecule has 132 valence electrons. The summed E-state index contributed by atoms with van der Waals surface area (Å²) in [5.74, 6) is -0.701. The predicted octanol–water partition coefficient (Wildman–Crippen LogP) is 4.49. The zero-order valence-electron chi connectivity index (χ0n) is 13.0. The largest absolute Gasteiger partial charge is 0.480 e. The molecule has 0 fully saturated rings. The Bertz CT molecular complexity index is 929. The van der Waals surface area contributed by atoms with Gasteiger partial charge in [0.1, 0.15) is 5.75 Å². The van der Waals surface area contributed by atoms with Gasteiger partial charge >= 0.3 is 5.97 Å².